The van der Waals surface area contributed by atoms with Gasteiger partial charge in [-0.3, -0.25) is 0 Å². The molecule has 3 aliphatic rings. The monoisotopic (exact) mass is 407 g/mol. The molecule has 4 heterocycles. The van der Waals surface area contributed by atoms with Crippen molar-refractivity contribution >= 4 is 16.7 Å². The standard InChI is InChI=1S/C22H25N5O3/c1-21(6-7-21)30-16-5-4-14-11-23-27(17(14)8-16)19-9-18(24-20(25-19)28-3)26-13-22(2)10-15(26)12-29-22/h4-5,8-9,11,15H,6-7,10,12-13H2,1-3H3. The highest BCUT2D eigenvalue weighted by molar-refractivity contribution is 5.81. The quantitative estimate of drug-likeness (QED) is 0.643. The molecule has 8 nitrogen and oxygen atoms in total. The first kappa shape index (κ1) is 17.9. The number of hydrogen-bond acceptors (Lipinski definition) is 7. The first-order chi connectivity index (χ1) is 14.4. The van der Waals surface area contributed by atoms with Gasteiger partial charge in [0, 0.05) is 30.5 Å². The molecule has 2 saturated heterocycles. The third kappa shape index (κ3) is 2.89. The van der Waals surface area contributed by atoms with E-state index in [0.29, 0.717) is 17.9 Å². The summed E-state index contributed by atoms with van der Waals surface area (Å²) in [6.07, 6.45) is 5.05. The SMILES string of the molecule is COc1nc(N2CC3(C)CC2CO3)cc(-n2ncc3ccc(OC4(C)CC4)cc32)n1. The number of hydrogen-bond donors (Lipinski definition) is 0. The first-order valence-corrected chi connectivity index (χ1v) is 10.4. The van der Waals surface area contributed by atoms with E-state index in [-0.39, 0.29) is 11.2 Å². The average molecular weight is 407 g/mol. The molecule has 8 heteroatoms. The molecule has 30 heavy (non-hydrogen) atoms. The lowest BCUT2D eigenvalue weighted by Gasteiger charge is -2.31. The van der Waals surface area contributed by atoms with Crippen molar-refractivity contribution in [3.05, 3.63) is 30.5 Å². The highest BCUT2D eigenvalue weighted by atomic mass is 16.5. The minimum Gasteiger partial charge on any atom is -0.487 e. The summed E-state index contributed by atoms with van der Waals surface area (Å²) < 4.78 is 19.3. The molecule has 0 radical (unpaired) electrons. The van der Waals surface area contributed by atoms with Crippen LogP contribution in [0.4, 0.5) is 5.82 Å². The normalized spacial score (nSPS) is 26.4. The second kappa shape index (κ2) is 6.07. The molecule has 156 valence electrons. The van der Waals surface area contributed by atoms with Gasteiger partial charge in [-0.1, -0.05) is 0 Å². The Labute approximate surface area is 174 Å². The van der Waals surface area contributed by atoms with Gasteiger partial charge < -0.3 is 19.1 Å². The lowest BCUT2D eigenvalue weighted by atomic mass is 10.1. The molecule has 6 rings (SSSR count). The van der Waals surface area contributed by atoms with Crippen LogP contribution in [0, 0.1) is 0 Å². The van der Waals surface area contributed by atoms with Gasteiger partial charge in [0.1, 0.15) is 17.2 Å². The number of ether oxygens (including phenoxy) is 3. The molecule has 2 aliphatic heterocycles. The highest BCUT2D eigenvalue weighted by Crippen LogP contribution is 2.41. The van der Waals surface area contributed by atoms with Gasteiger partial charge in [0.25, 0.3) is 0 Å². The molecule has 1 aromatic carbocycles. The number of anilines is 1. The topological polar surface area (TPSA) is 74.5 Å². The van der Waals surface area contributed by atoms with Crippen LogP contribution in [0.3, 0.4) is 0 Å². The summed E-state index contributed by atoms with van der Waals surface area (Å²) in [7, 11) is 1.59. The predicted octanol–water partition coefficient (Wildman–Crippen LogP) is 3.12. The maximum absolute atomic E-state index is 6.15. The van der Waals surface area contributed by atoms with E-state index in [4.69, 9.17) is 14.2 Å². The summed E-state index contributed by atoms with van der Waals surface area (Å²) >= 11 is 0. The zero-order valence-corrected chi connectivity index (χ0v) is 17.5. The van der Waals surface area contributed by atoms with Crippen molar-refractivity contribution in [1.29, 1.82) is 0 Å². The predicted molar refractivity (Wildman–Crippen MR) is 112 cm³/mol. The molecule has 3 fully saturated rings. The Bertz CT molecular complexity index is 1140. The summed E-state index contributed by atoms with van der Waals surface area (Å²) in [4.78, 5) is 11.5. The Morgan fingerprint density at radius 1 is 1.13 bits per heavy atom. The van der Waals surface area contributed by atoms with Crippen LogP contribution in [-0.2, 0) is 4.74 Å². The summed E-state index contributed by atoms with van der Waals surface area (Å²) in [5, 5.41) is 5.63. The third-order valence-electron chi connectivity index (χ3n) is 6.47. The van der Waals surface area contributed by atoms with Gasteiger partial charge in [0.2, 0.25) is 0 Å². The van der Waals surface area contributed by atoms with E-state index >= 15 is 0 Å². The molecule has 2 unspecified atom stereocenters. The molecule has 2 aromatic heterocycles. The molecular formula is C22H25N5O3. The van der Waals surface area contributed by atoms with Crippen molar-refractivity contribution < 1.29 is 14.2 Å². The van der Waals surface area contributed by atoms with E-state index in [1.165, 1.54) is 0 Å². The third-order valence-corrected chi connectivity index (χ3v) is 6.47. The van der Waals surface area contributed by atoms with Crippen LogP contribution in [0.1, 0.15) is 33.1 Å². The van der Waals surface area contributed by atoms with E-state index in [1.807, 2.05) is 35.1 Å². The summed E-state index contributed by atoms with van der Waals surface area (Å²) in [6, 6.07) is 8.72. The molecule has 1 aliphatic carbocycles. The zero-order valence-electron chi connectivity index (χ0n) is 17.5. The molecular weight excluding hydrogens is 382 g/mol. The number of nitrogens with zero attached hydrogens (tertiary/aromatic N) is 5. The van der Waals surface area contributed by atoms with E-state index < -0.39 is 0 Å². The molecule has 1 saturated carbocycles. The molecule has 3 aromatic rings. The van der Waals surface area contributed by atoms with Gasteiger partial charge in [-0.05, 0) is 38.8 Å². The molecule has 0 amide bonds. The van der Waals surface area contributed by atoms with Crippen LogP contribution in [0.15, 0.2) is 30.5 Å². The summed E-state index contributed by atoms with van der Waals surface area (Å²) in [6.45, 7) is 5.84. The van der Waals surface area contributed by atoms with Crippen LogP contribution in [0.25, 0.3) is 16.7 Å². The van der Waals surface area contributed by atoms with E-state index in [2.05, 4.69) is 33.8 Å². The van der Waals surface area contributed by atoms with E-state index in [9.17, 15) is 0 Å². The smallest absolute Gasteiger partial charge is 0.320 e. The minimum atomic E-state index is -0.105. The van der Waals surface area contributed by atoms with E-state index in [0.717, 1.165) is 54.9 Å². The van der Waals surface area contributed by atoms with Gasteiger partial charge >= 0.3 is 6.01 Å². The Morgan fingerprint density at radius 2 is 1.97 bits per heavy atom. The lowest BCUT2D eigenvalue weighted by molar-refractivity contribution is 0.0167. The average Bonchev–Trinajstić information content (AvgIpc) is 3.09. The van der Waals surface area contributed by atoms with Crippen LogP contribution < -0.4 is 14.4 Å². The number of morpholine rings is 1. The van der Waals surface area contributed by atoms with Crippen LogP contribution >= 0.6 is 0 Å². The lowest BCUT2D eigenvalue weighted by Crippen LogP contribution is -2.41. The number of fused-ring (bicyclic) bond motifs is 3. The molecule has 0 N–H and O–H groups in total. The van der Waals surface area contributed by atoms with Crippen molar-refractivity contribution in [3.8, 4) is 17.6 Å². The Kier molecular flexibility index (Phi) is 3.63. The van der Waals surface area contributed by atoms with Crippen LogP contribution in [-0.4, -0.2) is 57.3 Å². The summed E-state index contributed by atoms with van der Waals surface area (Å²) in [5.74, 6) is 2.37. The van der Waals surface area contributed by atoms with E-state index in [1.54, 1.807) is 7.11 Å². The maximum Gasteiger partial charge on any atom is 0.320 e. The van der Waals surface area contributed by atoms with Crippen molar-refractivity contribution in [1.82, 2.24) is 19.7 Å². The van der Waals surface area contributed by atoms with Gasteiger partial charge in [-0.2, -0.15) is 15.1 Å². The second-order valence-corrected chi connectivity index (χ2v) is 9.15. The van der Waals surface area contributed by atoms with Crippen molar-refractivity contribution in [2.24, 2.45) is 0 Å². The van der Waals surface area contributed by atoms with Gasteiger partial charge in [0.05, 0.1) is 37.1 Å². The van der Waals surface area contributed by atoms with Crippen LogP contribution in [0.2, 0.25) is 0 Å². The molecule has 2 atom stereocenters. The number of aromatic nitrogens is 4. The fourth-order valence-electron chi connectivity index (χ4n) is 4.54. The maximum atomic E-state index is 6.15. The number of methoxy groups -OCH3 is 1. The number of rotatable bonds is 5. The Morgan fingerprint density at radius 3 is 2.67 bits per heavy atom. The van der Waals surface area contributed by atoms with Crippen LogP contribution in [0.5, 0.6) is 11.8 Å². The van der Waals surface area contributed by atoms with Gasteiger partial charge in [-0.25, -0.2) is 4.68 Å². The fraction of sp³-hybridized carbons (Fsp3) is 0.500. The molecule has 0 spiro atoms. The van der Waals surface area contributed by atoms with Crippen molar-refractivity contribution in [2.45, 2.75) is 50.4 Å². The van der Waals surface area contributed by atoms with Gasteiger partial charge in [-0.15, -0.1) is 0 Å². The summed E-state index contributed by atoms with van der Waals surface area (Å²) in [5.41, 5.74) is 0.811. The second-order valence-electron chi connectivity index (χ2n) is 9.15. The highest BCUT2D eigenvalue weighted by Gasteiger charge is 2.48. The van der Waals surface area contributed by atoms with Crippen molar-refractivity contribution in [2.75, 3.05) is 25.2 Å². The Balaban J connectivity index is 1.41. The largest absolute Gasteiger partial charge is 0.487 e. The zero-order chi connectivity index (χ0) is 20.5. The minimum absolute atomic E-state index is 0.0307. The molecule has 2 bridgehead atoms. The fourth-order valence-corrected chi connectivity index (χ4v) is 4.54. The first-order valence-electron chi connectivity index (χ1n) is 10.4. The number of benzene rings is 1. The Hall–Kier alpha value is -2.87. The van der Waals surface area contributed by atoms with Crippen molar-refractivity contribution in [3.63, 3.8) is 0 Å². The van der Waals surface area contributed by atoms with Gasteiger partial charge in [0.15, 0.2) is 5.82 Å².